The molecule has 3 nitrogen and oxygen atoms in total. The molecular weight excluding hydrogens is 248 g/mol. The average Bonchev–Trinajstić information content (AvgIpc) is 3.27. The van der Waals surface area contributed by atoms with E-state index in [0.29, 0.717) is 6.04 Å². The second kappa shape index (κ2) is 7.21. The molecule has 112 valence electrons. The Labute approximate surface area is 123 Å². The van der Waals surface area contributed by atoms with Gasteiger partial charge in [-0.2, -0.15) is 0 Å². The summed E-state index contributed by atoms with van der Waals surface area (Å²) in [5.41, 5.74) is 7.63. The summed E-state index contributed by atoms with van der Waals surface area (Å²) in [6.07, 6.45) is 2.70. The molecule has 0 saturated heterocycles. The van der Waals surface area contributed by atoms with Gasteiger partial charge in [0.05, 0.1) is 6.61 Å². The standard InChI is InChI=1S/C17H28N2O/c1-13(18)17(16-7-5-4-6-8-16)19(11-12-20-3)14(2)15-9-10-15/h4-8,13-15,17H,9-12,18H2,1-3H3. The number of nitrogens with two attached hydrogens (primary N) is 1. The third-order valence-corrected chi connectivity index (χ3v) is 4.38. The molecule has 0 spiro atoms. The smallest absolute Gasteiger partial charge is 0.0590 e. The Morgan fingerprint density at radius 2 is 1.90 bits per heavy atom. The molecule has 1 aromatic rings. The van der Waals surface area contributed by atoms with E-state index in [-0.39, 0.29) is 12.1 Å². The van der Waals surface area contributed by atoms with Gasteiger partial charge in [-0.05, 0) is 38.2 Å². The lowest BCUT2D eigenvalue weighted by Gasteiger charge is -2.39. The Hall–Kier alpha value is -0.900. The summed E-state index contributed by atoms with van der Waals surface area (Å²) >= 11 is 0. The van der Waals surface area contributed by atoms with Crippen molar-refractivity contribution < 1.29 is 4.74 Å². The number of hydrogen-bond donors (Lipinski definition) is 1. The highest BCUT2D eigenvalue weighted by Gasteiger charge is 2.36. The molecule has 1 saturated carbocycles. The molecule has 0 radical (unpaired) electrons. The van der Waals surface area contributed by atoms with Crippen LogP contribution in [0.1, 0.15) is 38.3 Å². The lowest BCUT2D eigenvalue weighted by molar-refractivity contribution is 0.0719. The third-order valence-electron chi connectivity index (χ3n) is 4.38. The first-order valence-corrected chi connectivity index (χ1v) is 7.70. The highest BCUT2D eigenvalue weighted by molar-refractivity contribution is 5.21. The zero-order valence-electron chi connectivity index (χ0n) is 13.0. The summed E-state index contributed by atoms with van der Waals surface area (Å²) in [5, 5.41) is 0. The van der Waals surface area contributed by atoms with E-state index in [9.17, 15) is 0 Å². The zero-order chi connectivity index (χ0) is 14.5. The van der Waals surface area contributed by atoms with E-state index >= 15 is 0 Å². The summed E-state index contributed by atoms with van der Waals surface area (Å²) in [6, 6.07) is 11.6. The average molecular weight is 276 g/mol. The SMILES string of the molecule is COCCN(C(C)C1CC1)C(c1ccccc1)C(C)N. The topological polar surface area (TPSA) is 38.5 Å². The van der Waals surface area contributed by atoms with Crippen LogP contribution in [0.3, 0.4) is 0 Å². The molecule has 3 atom stereocenters. The van der Waals surface area contributed by atoms with Gasteiger partial charge in [0, 0.05) is 31.8 Å². The van der Waals surface area contributed by atoms with Crippen LogP contribution in [0.15, 0.2) is 30.3 Å². The van der Waals surface area contributed by atoms with Crippen LogP contribution in [-0.2, 0) is 4.74 Å². The van der Waals surface area contributed by atoms with E-state index in [1.54, 1.807) is 7.11 Å². The highest BCUT2D eigenvalue weighted by atomic mass is 16.5. The molecule has 0 aliphatic heterocycles. The van der Waals surface area contributed by atoms with E-state index < -0.39 is 0 Å². The quantitative estimate of drug-likeness (QED) is 0.793. The van der Waals surface area contributed by atoms with Crippen molar-refractivity contribution in [2.75, 3.05) is 20.3 Å². The second-order valence-corrected chi connectivity index (χ2v) is 6.02. The number of ether oxygens (including phenoxy) is 1. The van der Waals surface area contributed by atoms with Crippen LogP contribution in [0.25, 0.3) is 0 Å². The molecule has 0 bridgehead atoms. The van der Waals surface area contributed by atoms with E-state index in [4.69, 9.17) is 10.5 Å². The minimum absolute atomic E-state index is 0.107. The van der Waals surface area contributed by atoms with Gasteiger partial charge in [-0.1, -0.05) is 30.3 Å². The lowest BCUT2D eigenvalue weighted by Crippen LogP contribution is -2.46. The Balaban J connectivity index is 2.21. The maximum Gasteiger partial charge on any atom is 0.0590 e. The molecule has 0 aromatic heterocycles. The predicted octanol–water partition coefficient (Wildman–Crippen LogP) is 2.82. The van der Waals surface area contributed by atoms with Crippen molar-refractivity contribution in [3.05, 3.63) is 35.9 Å². The van der Waals surface area contributed by atoms with Crippen LogP contribution in [0.4, 0.5) is 0 Å². The number of rotatable bonds is 8. The van der Waals surface area contributed by atoms with Gasteiger partial charge in [0.15, 0.2) is 0 Å². The maximum atomic E-state index is 6.32. The highest BCUT2D eigenvalue weighted by Crippen LogP contribution is 2.38. The van der Waals surface area contributed by atoms with Gasteiger partial charge in [-0.25, -0.2) is 0 Å². The molecule has 2 rings (SSSR count). The molecule has 20 heavy (non-hydrogen) atoms. The van der Waals surface area contributed by atoms with Crippen LogP contribution >= 0.6 is 0 Å². The molecular formula is C17H28N2O. The van der Waals surface area contributed by atoms with Crippen LogP contribution in [0.2, 0.25) is 0 Å². The number of nitrogens with zero attached hydrogens (tertiary/aromatic N) is 1. The minimum Gasteiger partial charge on any atom is -0.383 e. The second-order valence-electron chi connectivity index (χ2n) is 6.02. The lowest BCUT2D eigenvalue weighted by atomic mass is 9.96. The largest absolute Gasteiger partial charge is 0.383 e. The summed E-state index contributed by atoms with van der Waals surface area (Å²) in [4.78, 5) is 2.54. The van der Waals surface area contributed by atoms with Crippen molar-refractivity contribution in [2.24, 2.45) is 11.7 Å². The molecule has 3 heteroatoms. The van der Waals surface area contributed by atoms with E-state index in [0.717, 1.165) is 19.1 Å². The summed E-state index contributed by atoms with van der Waals surface area (Å²) in [5.74, 6) is 0.830. The van der Waals surface area contributed by atoms with Crippen molar-refractivity contribution in [3.8, 4) is 0 Å². The monoisotopic (exact) mass is 276 g/mol. The van der Waals surface area contributed by atoms with Gasteiger partial charge in [-0.15, -0.1) is 0 Å². The Kier molecular flexibility index (Phi) is 5.58. The zero-order valence-corrected chi connectivity index (χ0v) is 13.0. The van der Waals surface area contributed by atoms with Crippen LogP contribution in [-0.4, -0.2) is 37.2 Å². The van der Waals surface area contributed by atoms with Crippen molar-refractivity contribution in [1.29, 1.82) is 0 Å². The Morgan fingerprint density at radius 3 is 2.40 bits per heavy atom. The molecule has 1 aromatic carbocycles. The molecule has 2 N–H and O–H groups in total. The van der Waals surface area contributed by atoms with Crippen LogP contribution in [0, 0.1) is 5.92 Å². The molecule has 0 heterocycles. The Morgan fingerprint density at radius 1 is 1.25 bits per heavy atom. The first-order valence-electron chi connectivity index (χ1n) is 7.70. The molecule has 1 aliphatic carbocycles. The van der Waals surface area contributed by atoms with E-state index in [1.807, 2.05) is 0 Å². The number of benzene rings is 1. The van der Waals surface area contributed by atoms with Crippen molar-refractivity contribution in [2.45, 2.75) is 44.8 Å². The van der Waals surface area contributed by atoms with Gasteiger partial charge >= 0.3 is 0 Å². The fourth-order valence-corrected chi connectivity index (χ4v) is 3.09. The fourth-order valence-electron chi connectivity index (χ4n) is 3.09. The third kappa shape index (κ3) is 3.81. The van der Waals surface area contributed by atoms with Gasteiger partial charge in [0.1, 0.15) is 0 Å². The number of methoxy groups -OCH3 is 1. The predicted molar refractivity (Wildman–Crippen MR) is 83.6 cm³/mol. The first kappa shape index (κ1) is 15.5. The van der Waals surface area contributed by atoms with Gasteiger partial charge in [0.25, 0.3) is 0 Å². The van der Waals surface area contributed by atoms with Gasteiger partial charge in [-0.3, -0.25) is 4.90 Å². The van der Waals surface area contributed by atoms with Gasteiger partial charge in [0.2, 0.25) is 0 Å². The molecule has 3 unspecified atom stereocenters. The molecule has 0 amide bonds. The van der Waals surface area contributed by atoms with Crippen molar-refractivity contribution >= 4 is 0 Å². The normalized spacial score (nSPS) is 19.9. The Bertz CT molecular complexity index is 389. The summed E-state index contributed by atoms with van der Waals surface area (Å²) in [6.45, 7) is 6.14. The van der Waals surface area contributed by atoms with Crippen LogP contribution in [0.5, 0.6) is 0 Å². The van der Waals surface area contributed by atoms with E-state index in [2.05, 4.69) is 49.1 Å². The first-order chi connectivity index (χ1) is 9.65. The van der Waals surface area contributed by atoms with Crippen molar-refractivity contribution in [1.82, 2.24) is 4.90 Å². The maximum absolute atomic E-state index is 6.32. The molecule has 1 fully saturated rings. The summed E-state index contributed by atoms with van der Waals surface area (Å²) in [7, 11) is 1.77. The number of hydrogen-bond acceptors (Lipinski definition) is 3. The van der Waals surface area contributed by atoms with Crippen LogP contribution < -0.4 is 5.73 Å². The fraction of sp³-hybridized carbons (Fsp3) is 0.647. The van der Waals surface area contributed by atoms with E-state index in [1.165, 1.54) is 18.4 Å². The summed E-state index contributed by atoms with van der Waals surface area (Å²) < 4.78 is 5.31. The minimum atomic E-state index is 0.107. The van der Waals surface area contributed by atoms with Gasteiger partial charge < -0.3 is 10.5 Å². The van der Waals surface area contributed by atoms with Crippen molar-refractivity contribution in [3.63, 3.8) is 0 Å². The molecule has 1 aliphatic rings.